The summed E-state index contributed by atoms with van der Waals surface area (Å²) in [6.45, 7) is 5.37. The van der Waals surface area contributed by atoms with Crippen LogP contribution in [-0.2, 0) is 0 Å². The molecule has 1 atom stereocenters. The van der Waals surface area contributed by atoms with Crippen molar-refractivity contribution < 1.29 is 4.39 Å². The Morgan fingerprint density at radius 2 is 2.19 bits per heavy atom. The molecule has 0 aliphatic rings. The van der Waals surface area contributed by atoms with Gasteiger partial charge < -0.3 is 5.73 Å². The van der Waals surface area contributed by atoms with E-state index in [0.29, 0.717) is 11.1 Å². The van der Waals surface area contributed by atoms with Gasteiger partial charge in [-0.1, -0.05) is 22.0 Å². The number of allylic oxidation sites excluding steroid dienone is 1. The highest BCUT2D eigenvalue weighted by atomic mass is 79.9. The van der Waals surface area contributed by atoms with Crippen molar-refractivity contribution in [1.29, 1.82) is 0 Å². The van der Waals surface area contributed by atoms with Crippen LogP contribution in [0, 0.1) is 12.7 Å². The smallest absolute Gasteiger partial charge is 0.130 e. The normalized spacial score (nSPS) is 11.8. The number of hydrogen-bond acceptors (Lipinski definition) is 1. The molecule has 90 valence electrons. The molecule has 0 unspecified atom stereocenters. The molecule has 4 heteroatoms. The molecular weight excluding hydrogens is 292 g/mol. The number of rotatable bonds is 4. The lowest BCUT2D eigenvalue weighted by Crippen LogP contribution is -2.12. The minimum Gasteiger partial charge on any atom is -0.324 e. The van der Waals surface area contributed by atoms with Gasteiger partial charge in [0.1, 0.15) is 5.82 Å². The molecule has 0 spiro atoms. The van der Waals surface area contributed by atoms with E-state index >= 15 is 0 Å². The van der Waals surface area contributed by atoms with Crippen molar-refractivity contribution in [2.75, 3.05) is 0 Å². The molecule has 0 fully saturated rings. The Hall–Kier alpha value is -0.380. The van der Waals surface area contributed by atoms with Crippen molar-refractivity contribution in [2.45, 2.75) is 25.8 Å². The fraction of sp³-hybridized carbons (Fsp3) is 0.333. The summed E-state index contributed by atoms with van der Waals surface area (Å²) in [7, 11) is 0. The standard InChI is InChI=1S/C12H15BrFN.ClH/c1-3-4-5-11(15)10-7-9(13)6-8(2)12(10)14;/h3,6-7,11H,1,4-5,15H2,2H3;1H/t11-;/m0./s1. The van der Waals surface area contributed by atoms with E-state index in [0.717, 1.165) is 17.3 Å². The van der Waals surface area contributed by atoms with E-state index in [9.17, 15) is 4.39 Å². The van der Waals surface area contributed by atoms with Crippen molar-refractivity contribution in [1.82, 2.24) is 0 Å². The van der Waals surface area contributed by atoms with Gasteiger partial charge in [-0.2, -0.15) is 0 Å². The van der Waals surface area contributed by atoms with Crippen molar-refractivity contribution in [3.63, 3.8) is 0 Å². The summed E-state index contributed by atoms with van der Waals surface area (Å²) in [4.78, 5) is 0. The first-order chi connectivity index (χ1) is 7.06. The maximum atomic E-state index is 13.7. The molecule has 0 heterocycles. The van der Waals surface area contributed by atoms with E-state index in [-0.39, 0.29) is 24.3 Å². The van der Waals surface area contributed by atoms with Crippen molar-refractivity contribution in [3.8, 4) is 0 Å². The molecule has 0 aliphatic heterocycles. The quantitative estimate of drug-likeness (QED) is 0.825. The summed E-state index contributed by atoms with van der Waals surface area (Å²) < 4.78 is 14.6. The van der Waals surface area contributed by atoms with Crippen LogP contribution in [0.5, 0.6) is 0 Å². The summed E-state index contributed by atoms with van der Waals surface area (Å²) in [6.07, 6.45) is 3.31. The van der Waals surface area contributed by atoms with Crippen molar-refractivity contribution in [3.05, 3.63) is 46.2 Å². The molecule has 0 aromatic heterocycles. The van der Waals surface area contributed by atoms with Crippen LogP contribution in [0.1, 0.15) is 30.0 Å². The number of nitrogens with two attached hydrogens (primary N) is 1. The molecule has 1 aromatic carbocycles. The molecule has 0 saturated carbocycles. The summed E-state index contributed by atoms with van der Waals surface area (Å²) in [5.41, 5.74) is 7.10. The third-order valence-corrected chi connectivity index (χ3v) is 2.79. The molecular formula is C12H16BrClFN. The lowest BCUT2D eigenvalue weighted by Gasteiger charge is -2.13. The second-order valence-corrected chi connectivity index (χ2v) is 4.51. The predicted molar refractivity (Wildman–Crippen MR) is 72.4 cm³/mol. The number of aryl methyl sites for hydroxylation is 1. The van der Waals surface area contributed by atoms with Gasteiger partial charge in [0.15, 0.2) is 0 Å². The third kappa shape index (κ3) is 3.89. The van der Waals surface area contributed by atoms with Gasteiger partial charge >= 0.3 is 0 Å². The highest BCUT2D eigenvalue weighted by Gasteiger charge is 2.13. The molecule has 1 rings (SSSR count). The van der Waals surface area contributed by atoms with Crippen LogP contribution in [-0.4, -0.2) is 0 Å². The second-order valence-electron chi connectivity index (χ2n) is 3.60. The molecule has 2 N–H and O–H groups in total. The lowest BCUT2D eigenvalue weighted by molar-refractivity contribution is 0.559. The molecule has 1 aromatic rings. The van der Waals surface area contributed by atoms with Crippen LogP contribution in [0.3, 0.4) is 0 Å². The zero-order valence-electron chi connectivity index (χ0n) is 9.17. The van der Waals surface area contributed by atoms with Crippen LogP contribution in [0.25, 0.3) is 0 Å². The summed E-state index contributed by atoms with van der Waals surface area (Å²) in [5.74, 6) is -0.199. The Kier molecular flexibility index (Phi) is 6.88. The predicted octanol–water partition coefficient (Wildman–Crippen LogP) is 4.28. The number of benzene rings is 1. The van der Waals surface area contributed by atoms with Crippen LogP contribution >= 0.6 is 28.3 Å². The van der Waals surface area contributed by atoms with Gasteiger partial charge in [-0.25, -0.2) is 4.39 Å². The topological polar surface area (TPSA) is 26.0 Å². The zero-order chi connectivity index (χ0) is 11.4. The van der Waals surface area contributed by atoms with Crippen LogP contribution < -0.4 is 5.73 Å². The maximum absolute atomic E-state index is 13.7. The van der Waals surface area contributed by atoms with E-state index in [4.69, 9.17) is 5.73 Å². The van der Waals surface area contributed by atoms with Gasteiger partial charge in [-0.3, -0.25) is 0 Å². The first kappa shape index (κ1) is 15.6. The highest BCUT2D eigenvalue weighted by molar-refractivity contribution is 9.10. The van der Waals surface area contributed by atoms with Crippen molar-refractivity contribution >= 4 is 28.3 Å². The summed E-state index contributed by atoms with van der Waals surface area (Å²) in [6, 6.07) is 3.23. The molecule has 0 aliphatic carbocycles. The molecule has 0 amide bonds. The van der Waals surface area contributed by atoms with Crippen LogP contribution in [0.2, 0.25) is 0 Å². The van der Waals surface area contributed by atoms with Crippen molar-refractivity contribution in [2.24, 2.45) is 5.73 Å². The van der Waals surface area contributed by atoms with Crippen LogP contribution in [0.15, 0.2) is 29.3 Å². The second kappa shape index (κ2) is 7.05. The lowest BCUT2D eigenvalue weighted by atomic mass is 10.0. The van der Waals surface area contributed by atoms with Gasteiger partial charge in [-0.05, 0) is 37.5 Å². The van der Waals surface area contributed by atoms with Crippen LogP contribution in [0.4, 0.5) is 4.39 Å². The van der Waals surface area contributed by atoms with Gasteiger partial charge in [0.25, 0.3) is 0 Å². The first-order valence-corrected chi connectivity index (χ1v) is 5.67. The average molecular weight is 309 g/mol. The largest absolute Gasteiger partial charge is 0.324 e. The highest BCUT2D eigenvalue weighted by Crippen LogP contribution is 2.25. The van der Waals surface area contributed by atoms with Gasteiger partial charge in [0, 0.05) is 16.1 Å². The maximum Gasteiger partial charge on any atom is 0.130 e. The zero-order valence-corrected chi connectivity index (χ0v) is 11.6. The Labute approximate surface area is 110 Å². The van der Waals surface area contributed by atoms with E-state index in [1.54, 1.807) is 25.1 Å². The molecule has 0 radical (unpaired) electrons. The average Bonchev–Trinajstić information content (AvgIpc) is 2.19. The summed E-state index contributed by atoms with van der Waals surface area (Å²) >= 11 is 3.34. The Balaban J connectivity index is 0.00000225. The minimum absolute atomic E-state index is 0. The third-order valence-electron chi connectivity index (χ3n) is 2.33. The van der Waals surface area contributed by atoms with Gasteiger partial charge in [0.05, 0.1) is 0 Å². The van der Waals surface area contributed by atoms with E-state index in [1.807, 2.05) is 0 Å². The Bertz CT molecular complexity index is 368. The monoisotopic (exact) mass is 307 g/mol. The number of hydrogen-bond donors (Lipinski definition) is 1. The number of halogens is 3. The SMILES string of the molecule is C=CCC[C@H](N)c1cc(Br)cc(C)c1F.Cl. The molecule has 0 bridgehead atoms. The first-order valence-electron chi connectivity index (χ1n) is 4.88. The fourth-order valence-corrected chi connectivity index (χ4v) is 2.06. The minimum atomic E-state index is -0.265. The van der Waals surface area contributed by atoms with Gasteiger partial charge in [-0.15, -0.1) is 19.0 Å². The Morgan fingerprint density at radius 1 is 1.56 bits per heavy atom. The molecule has 16 heavy (non-hydrogen) atoms. The van der Waals surface area contributed by atoms with E-state index in [1.165, 1.54) is 0 Å². The molecule has 1 nitrogen and oxygen atoms in total. The van der Waals surface area contributed by atoms with Gasteiger partial charge in [0.2, 0.25) is 0 Å². The van der Waals surface area contributed by atoms with E-state index in [2.05, 4.69) is 22.5 Å². The fourth-order valence-electron chi connectivity index (χ4n) is 1.47. The summed E-state index contributed by atoms with van der Waals surface area (Å²) in [5, 5.41) is 0. The Morgan fingerprint density at radius 3 is 2.75 bits per heavy atom. The molecule has 0 saturated heterocycles. The van der Waals surface area contributed by atoms with E-state index < -0.39 is 0 Å².